The lowest BCUT2D eigenvalue weighted by molar-refractivity contribution is -0.137. The molecule has 0 saturated carbocycles. The van der Waals surface area contributed by atoms with E-state index in [-0.39, 0.29) is 18.4 Å². The van der Waals surface area contributed by atoms with Crippen molar-refractivity contribution in [2.75, 3.05) is 38.4 Å². The molecule has 1 amide bonds. The minimum Gasteiger partial charge on any atom is -0.337 e. The van der Waals surface area contributed by atoms with E-state index in [2.05, 4.69) is 10.3 Å². The van der Waals surface area contributed by atoms with Gasteiger partial charge in [-0.05, 0) is 49.2 Å². The van der Waals surface area contributed by atoms with Crippen molar-refractivity contribution in [1.82, 2.24) is 14.6 Å². The number of rotatable bonds is 9. The minimum atomic E-state index is -4.70. The molecule has 3 rings (SSSR count). The number of carbonyl (C=O) groups is 1. The molecule has 0 radical (unpaired) electrons. The highest BCUT2D eigenvalue weighted by molar-refractivity contribution is 7.88. The summed E-state index contributed by atoms with van der Waals surface area (Å²) >= 11 is 0. The average molecular weight is 499 g/mol. The van der Waals surface area contributed by atoms with Crippen LogP contribution >= 0.6 is 0 Å². The van der Waals surface area contributed by atoms with E-state index in [0.717, 1.165) is 49.9 Å². The highest BCUT2D eigenvalue weighted by atomic mass is 32.2. The molecule has 0 spiro atoms. The Balaban J connectivity index is 1.81. The van der Waals surface area contributed by atoms with Crippen molar-refractivity contribution in [2.45, 2.75) is 31.5 Å². The minimum absolute atomic E-state index is 0.133. The van der Waals surface area contributed by atoms with Crippen molar-refractivity contribution in [2.24, 2.45) is 0 Å². The summed E-state index contributed by atoms with van der Waals surface area (Å²) in [5.74, 6) is -0.255. The van der Waals surface area contributed by atoms with Crippen LogP contribution in [0.1, 0.15) is 35.6 Å². The molecule has 1 fully saturated rings. The standard InChI is InChI=1S/C23H29F3N4O3S/c1-29(21(16-30-12-6-7-13-30)18-8-4-3-5-9-18)22(31)15-17-10-11-19(23(24,25)26)20(14-17)27-28-34(2,32)33/h3-5,8-11,14,21,27-28H,6-7,12-13,15-16H2,1-2H3/t21-/m1/s1. The molecule has 2 N–H and O–H groups in total. The number of hydrogen-bond acceptors (Lipinski definition) is 5. The molecule has 0 unspecified atom stereocenters. The van der Waals surface area contributed by atoms with Crippen molar-refractivity contribution in [3.8, 4) is 0 Å². The molecule has 11 heteroatoms. The number of amides is 1. The zero-order valence-electron chi connectivity index (χ0n) is 19.1. The Morgan fingerprint density at radius 1 is 1.12 bits per heavy atom. The monoisotopic (exact) mass is 498 g/mol. The molecule has 1 aliphatic heterocycles. The Kier molecular flexibility index (Phi) is 8.21. The van der Waals surface area contributed by atoms with E-state index in [1.807, 2.05) is 35.2 Å². The van der Waals surface area contributed by atoms with E-state index >= 15 is 0 Å². The summed E-state index contributed by atoms with van der Waals surface area (Å²) in [6.07, 6.45) is -1.79. The fourth-order valence-corrected chi connectivity index (χ4v) is 4.30. The van der Waals surface area contributed by atoms with Gasteiger partial charge in [-0.15, -0.1) is 4.83 Å². The second kappa shape index (κ2) is 10.7. The third-order valence-electron chi connectivity index (χ3n) is 5.79. The number of hydrazine groups is 1. The van der Waals surface area contributed by atoms with Crippen LogP contribution in [-0.4, -0.2) is 57.1 Å². The molecular formula is C23H29F3N4O3S. The van der Waals surface area contributed by atoms with Gasteiger partial charge in [0.1, 0.15) is 0 Å². The number of anilines is 1. The Morgan fingerprint density at radius 2 is 1.76 bits per heavy atom. The molecule has 1 atom stereocenters. The number of alkyl halides is 3. The number of nitrogens with zero attached hydrogens (tertiary/aromatic N) is 2. The molecule has 2 aromatic rings. The smallest absolute Gasteiger partial charge is 0.337 e. The predicted octanol–water partition coefficient (Wildman–Crippen LogP) is 3.42. The van der Waals surface area contributed by atoms with Gasteiger partial charge in [-0.2, -0.15) is 13.2 Å². The molecule has 7 nitrogen and oxygen atoms in total. The predicted molar refractivity (Wildman–Crippen MR) is 124 cm³/mol. The SMILES string of the molecule is CN(C(=O)Cc1ccc(C(F)(F)F)c(NNS(C)(=O)=O)c1)[C@H](CN1CCCC1)c1ccccc1. The van der Waals surface area contributed by atoms with E-state index in [4.69, 9.17) is 0 Å². The summed E-state index contributed by atoms with van der Waals surface area (Å²) in [4.78, 5) is 19.0. The van der Waals surface area contributed by atoms with E-state index in [9.17, 15) is 26.4 Å². The zero-order valence-corrected chi connectivity index (χ0v) is 19.9. The first-order valence-electron chi connectivity index (χ1n) is 10.9. The van der Waals surface area contributed by atoms with Crippen molar-refractivity contribution < 1.29 is 26.4 Å². The summed E-state index contributed by atoms with van der Waals surface area (Å²) in [6, 6.07) is 12.7. The fourth-order valence-electron chi connectivity index (χ4n) is 4.01. The van der Waals surface area contributed by atoms with Crippen LogP contribution in [0.4, 0.5) is 18.9 Å². The lowest BCUT2D eigenvalue weighted by Crippen LogP contribution is -2.39. The Bertz CT molecular complexity index is 1090. The third-order valence-corrected chi connectivity index (χ3v) is 6.26. The molecule has 0 aliphatic carbocycles. The van der Waals surface area contributed by atoms with Crippen LogP contribution in [0.15, 0.2) is 48.5 Å². The quantitative estimate of drug-likeness (QED) is 0.518. The van der Waals surface area contributed by atoms with Crippen molar-refractivity contribution in [1.29, 1.82) is 0 Å². The van der Waals surface area contributed by atoms with Crippen LogP contribution in [0, 0.1) is 0 Å². The second-order valence-electron chi connectivity index (χ2n) is 8.49. The molecule has 1 heterocycles. The zero-order chi connectivity index (χ0) is 24.9. The van der Waals surface area contributed by atoms with Gasteiger partial charge in [-0.25, -0.2) is 8.42 Å². The summed E-state index contributed by atoms with van der Waals surface area (Å²) in [7, 11) is -2.10. The van der Waals surface area contributed by atoms with Crippen molar-refractivity contribution in [3.63, 3.8) is 0 Å². The molecule has 0 bridgehead atoms. The third kappa shape index (κ3) is 7.18. The summed E-state index contributed by atoms with van der Waals surface area (Å²) in [5, 5.41) is 0. The van der Waals surface area contributed by atoms with Crippen LogP contribution in [0.2, 0.25) is 0 Å². The lowest BCUT2D eigenvalue weighted by Gasteiger charge is -2.32. The number of nitrogens with one attached hydrogen (secondary N) is 2. The van der Waals surface area contributed by atoms with Crippen LogP contribution in [0.5, 0.6) is 0 Å². The highest BCUT2D eigenvalue weighted by Crippen LogP contribution is 2.35. The number of halogens is 3. The van der Waals surface area contributed by atoms with E-state index in [0.29, 0.717) is 12.1 Å². The van der Waals surface area contributed by atoms with Crippen molar-refractivity contribution >= 4 is 21.6 Å². The van der Waals surface area contributed by atoms with Crippen LogP contribution < -0.4 is 10.3 Å². The summed E-state index contributed by atoms with van der Waals surface area (Å²) < 4.78 is 62.8. The maximum atomic E-state index is 13.4. The van der Waals surface area contributed by atoms with Crippen LogP contribution in [0.3, 0.4) is 0 Å². The van der Waals surface area contributed by atoms with Gasteiger partial charge in [0.2, 0.25) is 15.9 Å². The Labute approximate surface area is 198 Å². The largest absolute Gasteiger partial charge is 0.418 e. The Hall–Kier alpha value is -2.63. The molecule has 0 aromatic heterocycles. The molecule has 1 aliphatic rings. The maximum Gasteiger partial charge on any atom is 0.418 e. The lowest BCUT2D eigenvalue weighted by atomic mass is 10.0. The second-order valence-corrected chi connectivity index (χ2v) is 10.2. The first-order valence-corrected chi connectivity index (χ1v) is 12.8. The summed E-state index contributed by atoms with van der Waals surface area (Å²) in [6.45, 7) is 2.60. The molecule has 186 valence electrons. The molecular weight excluding hydrogens is 469 g/mol. The average Bonchev–Trinajstić information content (AvgIpc) is 3.28. The molecule has 34 heavy (non-hydrogen) atoms. The number of likely N-dealkylation sites (N-methyl/N-ethyl adjacent to an activating group) is 1. The normalized spacial score (nSPS) is 15.8. The fraction of sp³-hybridized carbons (Fsp3) is 0.435. The number of carbonyl (C=O) groups excluding carboxylic acids is 1. The first-order chi connectivity index (χ1) is 15.9. The molecule has 1 saturated heterocycles. The molecule has 2 aromatic carbocycles. The van der Waals surface area contributed by atoms with Crippen LogP contribution in [0.25, 0.3) is 0 Å². The van der Waals surface area contributed by atoms with Gasteiger partial charge < -0.3 is 15.2 Å². The van der Waals surface area contributed by atoms with E-state index in [1.54, 1.807) is 11.9 Å². The van der Waals surface area contributed by atoms with E-state index in [1.165, 1.54) is 6.07 Å². The van der Waals surface area contributed by atoms with E-state index < -0.39 is 27.5 Å². The number of benzene rings is 2. The van der Waals surface area contributed by atoms with Gasteiger partial charge in [0.05, 0.1) is 30.0 Å². The van der Waals surface area contributed by atoms with Gasteiger partial charge in [-0.3, -0.25) is 4.79 Å². The maximum absolute atomic E-state index is 13.4. The summed E-state index contributed by atoms with van der Waals surface area (Å²) in [5.41, 5.74) is 1.92. The van der Waals surface area contributed by atoms with Gasteiger partial charge in [-0.1, -0.05) is 36.4 Å². The first kappa shape index (κ1) is 26.0. The van der Waals surface area contributed by atoms with Crippen LogP contribution in [-0.2, 0) is 27.4 Å². The topological polar surface area (TPSA) is 81.8 Å². The number of likely N-dealkylation sites (tertiary alicyclic amines) is 1. The van der Waals surface area contributed by atoms with Gasteiger partial charge >= 0.3 is 6.18 Å². The van der Waals surface area contributed by atoms with Gasteiger partial charge in [0.25, 0.3) is 0 Å². The van der Waals surface area contributed by atoms with Crippen molar-refractivity contribution in [3.05, 3.63) is 65.2 Å². The highest BCUT2D eigenvalue weighted by Gasteiger charge is 2.34. The number of sulfonamides is 1. The van der Waals surface area contributed by atoms with Gasteiger partial charge in [0, 0.05) is 13.6 Å². The number of hydrogen-bond donors (Lipinski definition) is 2. The Morgan fingerprint density at radius 3 is 2.35 bits per heavy atom. The van der Waals surface area contributed by atoms with Gasteiger partial charge in [0.15, 0.2) is 0 Å².